The Morgan fingerprint density at radius 3 is 2.69 bits per heavy atom. The third-order valence-corrected chi connectivity index (χ3v) is 3.88. The lowest BCUT2D eigenvalue weighted by atomic mass is 10.3. The topological polar surface area (TPSA) is 46.6 Å². The smallest absolute Gasteiger partial charge is 0.268 e. The predicted molar refractivity (Wildman–Crippen MR) is 50.8 cm³/mol. The molecule has 88 valence electrons. The van der Waals surface area contributed by atoms with Gasteiger partial charge in [-0.05, 0) is 18.6 Å². The standard InChI is InChI=1S/C9H9F2NO3S/c10-7-3-1-4-8(9(7)11)16(13,14)12-5-2-6-15-12/h1,3-4H,2,5-6H2. The van der Waals surface area contributed by atoms with Crippen LogP contribution in [0.25, 0.3) is 0 Å². The summed E-state index contributed by atoms with van der Waals surface area (Å²) in [5, 5.41) is 0. The van der Waals surface area contributed by atoms with Gasteiger partial charge in [0.15, 0.2) is 11.6 Å². The van der Waals surface area contributed by atoms with Crippen LogP contribution < -0.4 is 0 Å². The maximum absolute atomic E-state index is 13.3. The van der Waals surface area contributed by atoms with E-state index >= 15 is 0 Å². The molecule has 0 spiro atoms. The van der Waals surface area contributed by atoms with Crippen LogP contribution in [0, 0.1) is 11.6 Å². The van der Waals surface area contributed by atoms with Crippen molar-refractivity contribution in [1.82, 2.24) is 4.47 Å². The third-order valence-electron chi connectivity index (χ3n) is 2.18. The molecule has 1 aromatic rings. The van der Waals surface area contributed by atoms with E-state index in [2.05, 4.69) is 0 Å². The molecule has 0 aromatic heterocycles. The van der Waals surface area contributed by atoms with Crippen molar-refractivity contribution in [3.05, 3.63) is 29.8 Å². The Morgan fingerprint density at radius 2 is 2.06 bits per heavy atom. The van der Waals surface area contributed by atoms with E-state index in [0.717, 1.165) is 18.2 Å². The van der Waals surface area contributed by atoms with Crippen LogP contribution in [0.5, 0.6) is 0 Å². The highest BCUT2D eigenvalue weighted by molar-refractivity contribution is 7.89. The average Bonchev–Trinajstić information content (AvgIpc) is 2.75. The quantitative estimate of drug-likeness (QED) is 0.793. The molecular weight excluding hydrogens is 240 g/mol. The molecule has 2 rings (SSSR count). The van der Waals surface area contributed by atoms with Crippen LogP contribution in [0.4, 0.5) is 8.78 Å². The van der Waals surface area contributed by atoms with Crippen molar-refractivity contribution in [2.75, 3.05) is 13.2 Å². The van der Waals surface area contributed by atoms with E-state index < -0.39 is 26.6 Å². The molecule has 4 nitrogen and oxygen atoms in total. The summed E-state index contributed by atoms with van der Waals surface area (Å²) in [7, 11) is -4.10. The van der Waals surface area contributed by atoms with Gasteiger partial charge in [-0.2, -0.15) is 0 Å². The van der Waals surface area contributed by atoms with Gasteiger partial charge >= 0.3 is 0 Å². The first-order chi connectivity index (χ1) is 7.53. The number of hydrogen-bond donors (Lipinski definition) is 0. The number of benzene rings is 1. The Kier molecular flexibility index (Phi) is 2.92. The van der Waals surface area contributed by atoms with E-state index in [1.54, 1.807) is 0 Å². The molecule has 1 aliphatic heterocycles. The number of nitrogens with zero attached hydrogens (tertiary/aromatic N) is 1. The average molecular weight is 249 g/mol. The lowest BCUT2D eigenvalue weighted by molar-refractivity contribution is -0.0286. The monoisotopic (exact) mass is 249 g/mol. The van der Waals surface area contributed by atoms with Gasteiger partial charge in [-0.25, -0.2) is 17.2 Å². The summed E-state index contributed by atoms with van der Waals surface area (Å²) in [6, 6.07) is 3.01. The Hall–Kier alpha value is -1.05. The minimum atomic E-state index is -4.10. The normalized spacial score (nSPS) is 17.9. The summed E-state index contributed by atoms with van der Waals surface area (Å²) in [5.41, 5.74) is 0. The van der Waals surface area contributed by atoms with E-state index in [9.17, 15) is 17.2 Å². The van der Waals surface area contributed by atoms with Gasteiger partial charge in [-0.3, -0.25) is 4.84 Å². The molecule has 7 heteroatoms. The van der Waals surface area contributed by atoms with Crippen molar-refractivity contribution in [3.63, 3.8) is 0 Å². The van der Waals surface area contributed by atoms with Gasteiger partial charge in [0.1, 0.15) is 4.90 Å². The fourth-order valence-electron chi connectivity index (χ4n) is 1.41. The zero-order chi connectivity index (χ0) is 11.8. The van der Waals surface area contributed by atoms with Crippen molar-refractivity contribution >= 4 is 10.0 Å². The fourth-order valence-corrected chi connectivity index (χ4v) is 2.78. The highest BCUT2D eigenvalue weighted by Crippen LogP contribution is 2.23. The van der Waals surface area contributed by atoms with Crippen LogP contribution in [0.3, 0.4) is 0 Å². The Balaban J connectivity index is 2.47. The molecule has 0 atom stereocenters. The number of sulfonamides is 1. The van der Waals surface area contributed by atoms with Crippen molar-refractivity contribution in [3.8, 4) is 0 Å². The molecule has 1 saturated heterocycles. The maximum Gasteiger partial charge on any atom is 0.268 e. The van der Waals surface area contributed by atoms with Gasteiger partial charge in [0, 0.05) is 6.54 Å². The summed E-state index contributed by atoms with van der Waals surface area (Å²) >= 11 is 0. The molecule has 1 heterocycles. The van der Waals surface area contributed by atoms with E-state index in [1.807, 2.05) is 0 Å². The van der Waals surface area contributed by atoms with Crippen molar-refractivity contribution in [2.45, 2.75) is 11.3 Å². The van der Waals surface area contributed by atoms with Gasteiger partial charge in [-0.15, -0.1) is 0 Å². The van der Waals surface area contributed by atoms with Crippen LogP contribution >= 0.6 is 0 Å². The van der Waals surface area contributed by atoms with Crippen LogP contribution in [-0.4, -0.2) is 26.0 Å². The zero-order valence-electron chi connectivity index (χ0n) is 8.19. The van der Waals surface area contributed by atoms with Gasteiger partial charge in [0.2, 0.25) is 0 Å². The largest absolute Gasteiger partial charge is 0.284 e. The molecule has 0 amide bonds. The molecule has 16 heavy (non-hydrogen) atoms. The zero-order valence-corrected chi connectivity index (χ0v) is 9.01. The van der Waals surface area contributed by atoms with Crippen LogP contribution in [0.15, 0.2) is 23.1 Å². The summed E-state index contributed by atoms with van der Waals surface area (Å²) in [6.07, 6.45) is 0.538. The second-order valence-corrected chi connectivity index (χ2v) is 5.07. The summed E-state index contributed by atoms with van der Waals surface area (Å²) < 4.78 is 50.5. The summed E-state index contributed by atoms with van der Waals surface area (Å²) in [5.74, 6) is -2.57. The maximum atomic E-state index is 13.3. The lowest BCUT2D eigenvalue weighted by Gasteiger charge is -2.14. The first-order valence-electron chi connectivity index (χ1n) is 4.63. The first kappa shape index (κ1) is 11.4. The highest BCUT2D eigenvalue weighted by atomic mass is 32.2. The van der Waals surface area contributed by atoms with Gasteiger partial charge in [0.25, 0.3) is 10.0 Å². The van der Waals surface area contributed by atoms with Gasteiger partial charge in [-0.1, -0.05) is 10.5 Å². The molecular formula is C9H9F2NO3S. The Bertz CT molecular complexity index is 497. The van der Waals surface area contributed by atoms with Crippen LogP contribution in [0.1, 0.15) is 6.42 Å². The number of hydrogen-bond acceptors (Lipinski definition) is 3. The summed E-state index contributed by atoms with van der Waals surface area (Å²) in [4.78, 5) is 4.12. The van der Waals surface area contributed by atoms with Gasteiger partial charge < -0.3 is 0 Å². The molecule has 1 aromatic carbocycles. The number of halogens is 2. The van der Waals surface area contributed by atoms with E-state index in [-0.39, 0.29) is 13.2 Å². The van der Waals surface area contributed by atoms with E-state index in [4.69, 9.17) is 4.84 Å². The lowest BCUT2D eigenvalue weighted by Crippen LogP contribution is -2.27. The number of rotatable bonds is 2. The van der Waals surface area contributed by atoms with Crippen molar-refractivity contribution < 1.29 is 22.0 Å². The molecule has 0 saturated carbocycles. The first-order valence-corrected chi connectivity index (χ1v) is 6.07. The van der Waals surface area contributed by atoms with E-state index in [1.165, 1.54) is 0 Å². The second kappa shape index (κ2) is 4.08. The molecule has 0 radical (unpaired) electrons. The Morgan fingerprint density at radius 1 is 1.31 bits per heavy atom. The highest BCUT2D eigenvalue weighted by Gasteiger charge is 2.31. The predicted octanol–water partition coefficient (Wildman–Crippen LogP) is 1.29. The second-order valence-electron chi connectivity index (χ2n) is 3.27. The molecule has 1 aliphatic rings. The molecule has 0 unspecified atom stereocenters. The van der Waals surface area contributed by atoms with Crippen LogP contribution in [0.2, 0.25) is 0 Å². The molecule has 0 N–H and O–H groups in total. The SMILES string of the molecule is O=S(=O)(c1cccc(F)c1F)N1CCCO1. The number of hydroxylamine groups is 1. The minimum Gasteiger partial charge on any atom is -0.284 e. The third kappa shape index (κ3) is 1.81. The molecule has 0 bridgehead atoms. The fraction of sp³-hybridized carbons (Fsp3) is 0.333. The van der Waals surface area contributed by atoms with E-state index in [0.29, 0.717) is 10.9 Å². The Labute approximate surface area is 91.4 Å². The van der Waals surface area contributed by atoms with Crippen molar-refractivity contribution in [2.24, 2.45) is 0 Å². The summed E-state index contributed by atoms with van der Waals surface area (Å²) in [6.45, 7) is 0.411. The van der Waals surface area contributed by atoms with Crippen molar-refractivity contribution in [1.29, 1.82) is 0 Å². The minimum absolute atomic E-state index is 0.151. The molecule has 0 aliphatic carbocycles. The van der Waals surface area contributed by atoms with Gasteiger partial charge in [0.05, 0.1) is 6.61 Å². The van der Waals surface area contributed by atoms with Crippen LogP contribution in [-0.2, 0) is 14.9 Å². The molecule has 1 fully saturated rings.